The van der Waals surface area contributed by atoms with Crippen LogP contribution in [0.5, 0.6) is 11.5 Å². The molecule has 0 fully saturated rings. The van der Waals surface area contributed by atoms with Gasteiger partial charge in [-0.2, -0.15) is 13.2 Å². The van der Waals surface area contributed by atoms with Crippen LogP contribution in [0.3, 0.4) is 0 Å². The topological polar surface area (TPSA) is 50.8 Å². The van der Waals surface area contributed by atoms with Gasteiger partial charge in [0.1, 0.15) is 5.92 Å². The van der Waals surface area contributed by atoms with Gasteiger partial charge in [0.15, 0.2) is 11.5 Å². The summed E-state index contributed by atoms with van der Waals surface area (Å²) in [6.45, 7) is 7.21. The van der Waals surface area contributed by atoms with Crippen molar-refractivity contribution >= 4 is 11.6 Å². The number of hydrogen-bond donors (Lipinski definition) is 1. The van der Waals surface area contributed by atoms with Gasteiger partial charge in [-0.25, -0.2) is 0 Å². The Morgan fingerprint density at radius 1 is 0.974 bits per heavy atom. The van der Waals surface area contributed by atoms with Crippen molar-refractivity contribution in [3.8, 4) is 11.5 Å². The maximum absolute atomic E-state index is 14.3. The van der Waals surface area contributed by atoms with Crippen LogP contribution in [0.25, 0.3) is 0 Å². The van der Waals surface area contributed by atoms with Gasteiger partial charge < -0.3 is 19.7 Å². The number of benzene rings is 3. The van der Waals surface area contributed by atoms with E-state index in [-0.39, 0.29) is 12.5 Å². The monoisotopic (exact) mass is 540 g/mol. The van der Waals surface area contributed by atoms with E-state index in [9.17, 15) is 18.0 Å². The number of amides is 1. The molecule has 1 atom stereocenters. The summed E-state index contributed by atoms with van der Waals surface area (Å²) in [7, 11) is 3.05. The number of carbonyl (C=O) groups is 1. The standard InChI is InChI=1S/C31H35F3N2O3/c1-5-6-19-35-22(2)29(24-10-8-7-9-11-24)30(37)36(26-16-17-27(38-3)28(21-26)39-4)20-18-23-12-14-25(15-13-23)31(32,33)34/h7-17,21,29,35H,2,5-6,18-20H2,1,3-4H3. The van der Waals surface area contributed by atoms with Gasteiger partial charge in [0.2, 0.25) is 5.91 Å². The van der Waals surface area contributed by atoms with Crippen molar-refractivity contribution in [3.63, 3.8) is 0 Å². The van der Waals surface area contributed by atoms with E-state index in [2.05, 4.69) is 18.8 Å². The van der Waals surface area contributed by atoms with Crippen LogP contribution >= 0.6 is 0 Å². The average molecular weight is 541 g/mol. The highest BCUT2D eigenvalue weighted by atomic mass is 19.4. The largest absolute Gasteiger partial charge is 0.493 e. The Balaban J connectivity index is 1.99. The lowest BCUT2D eigenvalue weighted by Crippen LogP contribution is -2.39. The molecule has 0 aliphatic carbocycles. The van der Waals surface area contributed by atoms with E-state index in [1.165, 1.54) is 26.4 Å². The highest BCUT2D eigenvalue weighted by Crippen LogP contribution is 2.34. The van der Waals surface area contributed by atoms with Crippen molar-refractivity contribution < 1.29 is 27.4 Å². The quantitative estimate of drug-likeness (QED) is 0.238. The van der Waals surface area contributed by atoms with E-state index < -0.39 is 17.7 Å². The van der Waals surface area contributed by atoms with E-state index in [1.54, 1.807) is 23.1 Å². The van der Waals surface area contributed by atoms with Crippen LogP contribution in [0, 0.1) is 0 Å². The number of nitrogens with one attached hydrogen (secondary N) is 1. The first-order valence-electron chi connectivity index (χ1n) is 12.9. The molecule has 1 unspecified atom stereocenters. The molecule has 0 radical (unpaired) electrons. The second kappa shape index (κ2) is 13.7. The molecule has 0 saturated carbocycles. The molecule has 0 aromatic heterocycles. The molecule has 5 nitrogen and oxygen atoms in total. The van der Waals surface area contributed by atoms with Crippen LogP contribution in [0.1, 0.15) is 42.4 Å². The smallest absolute Gasteiger partial charge is 0.416 e. The summed E-state index contributed by atoms with van der Waals surface area (Å²) in [5, 5.41) is 3.31. The fourth-order valence-electron chi connectivity index (χ4n) is 4.28. The molecule has 208 valence electrons. The maximum atomic E-state index is 14.3. The number of rotatable bonds is 13. The van der Waals surface area contributed by atoms with E-state index in [4.69, 9.17) is 9.47 Å². The van der Waals surface area contributed by atoms with Gasteiger partial charge in [0.05, 0.1) is 19.8 Å². The zero-order valence-electron chi connectivity index (χ0n) is 22.6. The molecule has 1 amide bonds. The van der Waals surface area contributed by atoms with E-state index >= 15 is 0 Å². The van der Waals surface area contributed by atoms with Gasteiger partial charge in [0.25, 0.3) is 0 Å². The zero-order valence-corrected chi connectivity index (χ0v) is 22.6. The summed E-state index contributed by atoms with van der Waals surface area (Å²) in [6, 6.07) is 19.6. The predicted octanol–water partition coefficient (Wildman–Crippen LogP) is 6.99. The van der Waals surface area contributed by atoms with Gasteiger partial charge in [-0.05, 0) is 48.2 Å². The molecule has 3 rings (SSSR count). The third-order valence-corrected chi connectivity index (χ3v) is 6.46. The number of methoxy groups -OCH3 is 2. The van der Waals surface area contributed by atoms with Gasteiger partial charge in [-0.15, -0.1) is 0 Å². The van der Waals surface area contributed by atoms with E-state index in [1.807, 2.05) is 30.3 Å². The number of carbonyl (C=O) groups excluding carboxylic acids is 1. The van der Waals surface area contributed by atoms with Crippen molar-refractivity contribution in [2.75, 3.05) is 32.2 Å². The lowest BCUT2D eigenvalue weighted by molar-refractivity contribution is -0.137. The average Bonchev–Trinajstić information content (AvgIpc) is 2.93. The minimum atomic E-state index is -4.41. The SMILES string of the molecule is C=C(NCCCC)C(C(=O)N(CCc1ccc(C(F)(F)F)cc1)c1ccc(OC)c(OC)c1)c1ccccc1. The summed E-state index contributed by atoms with van der Waals surface area (Å²) in [5.74, 6) is 0.0817. The molecular weight excluding hydrogens is 505 g/mol. The third kappa shape index (κ3) is 7.78. The number of ether oxygens (including phenoxy) is 2. The van der Waals surface area contributed by atoms with E-state index in [0.717, 1.165) is 30.5 Å². The van der Waals surface area contributed by atoms with Crippen LogP contribution in [0.4, 0.5) is 18.9 Å². The first-order valence-corrected chi connectivity index (χ1v) is 12.9. The van der Waals surface area contributed by atoms with Crippen molar-refractivity contribution in [2.24, 2.45) is 0 Å². The lowest BCUT2D eigenvalue weighted by Gasteiger charge is -2.30. The molecule has 3 aromatic carbocycles. The minimum Gasteiger partial charge on any atom is -0.493 e. The van der Waals surface area contributed by atoms with Crippen molar-refractivity contribution in [2.45, 2.75) is 38.3 Å². The predicted molar refractivity (Wildman–Crippen MR) is 148 cm³/mol. The zero-order chi connectivity index (χ0) is 28.4. The Morgan fingerprint density at radius 3 is 2.23 bits per heavy atom. The Labute approximate surface area is 228 Å². The second-order valence-corrected chi connectivity index (χ2v) is 9.12. The second-order valence-electron chi connectivity index (χ2n) is 9.12. The van der Waals surface area contributed by atoms with Gasteiger partial charge in [0, 0.05) is 30.5 Å². The lowest BCUT2D eigenvalue weighted by atomic mass is 9.93. The molecule has 3 aromatic rings. The fourth-order valence-corrected chi connectivity index (χ4v) is 4.28. The van der Waals surface area contributed by atoms with Gasteiger partial charge in [-0.1, -0.05) is 62.4 Å². The van der Waals surface area contributed by atoms with Gasteiger partial charge >= 0.3 is 6.18 Å². The third-order valence-electron chi connectivity index (χ3n) is 6.46. The highest BCUT2D eigenvalue weighted by Gasteiger charge is 2.31. The van der Waals surface area contributed by atoms with Gasteiger partial charge in [-0.3, -0.25) is 4.79 Å². The Morgan fingerprint density at radius 2 is 1.64 bits per heavy atom. The normalized spacial score (nSPS) is 11.9. The van der Waals surface area contributed by atoms with Crippen molar-refractivity contribution in [1.29, 1.82) is 0 Å². The maximum Gasteiger partial charge on any atom is 0.416 e. The molecule has 8 heteroatoms. The number of halogens is 3. The number of unbranched alkanes of at least 4 members (excludes halogenated alkanes) is 1. The summed E-state index contributed by atoms with van der Waals surface area (Å²) in [5.41, 5.74) is 1.91. The van der Waals surface area contributed by atoms with E-state index in [0.29, 0.717) is 41.4 Å². The molecule has 0 saturated heterocycles. The summed E-state index contributed by atoms with van der Waals surface area (Å²) in [6.07, 6.45) is -2.14. The first kappa shape index (κ1) is 29.6. The fraction of sp³-hybridized carbons (Fsp3) is 0.323. The Bertz CT molecular complexity index is 1230. The molecule has 0 heterocycles. The Kier molecular flexibility index (Phi) is 10.4. The Hall–Kier alpha value is -3.94. The molecule has 1 N–H and O–H groups in total. The number of alkyl halides is 3. The molecule has 39 heavy (non-hydrogen) atoms. The number of anilines is 1. The molecule has 0 aliphatic heterocycles. The van der Waals surface area contributed by atoms with Crippen LogP contribution in [-0.4, -0.2) is 33.2 Å². The summed E-state index contributed by atoms with van der Waals surface area (Å²) >= 11 is 0. The number of nitrogens with zero attached hydrogens (tertiary/aromatic N) is 1. The first-order chi connectivity index (χ1) is 18.7. The van der Waals surface area contributed by atoms with Crippen molar-refractivity contribution in [1.82, 2.24) is 5.32 Å². The molecule has 0 spiro atoms. The van der Waals surface area contributed by atoms with Crippen LogP contribution < -0.4 is 19.7 Å². The summed E-state index contributed by atoms with van der Waals surface area (Å²) < 4.78 is 50.0. The molecule has 0 aliphatic rings. The minimum absolute atomic E-state index is 0.214. The summed E-state index contributed by atoms with van der Waals surface area (Å²) in [4.78, 5) is 15.9. The highest BCUT2D eigenvalue weighted by molar-refractivity contribution is 6.00. The van der Waals surface area contributed by atoms with Crippen LogP contribution in [0.2, 0.25) is 0 Å². The molecule has 0 bridgehead atoms. The van der Waals surface area contributed by atoms with Crippen LogP contribution in [0.15, 0.2) is 85.1 Å². The molecular formula is C31H35F3N2O3. The van der Waals surface area contributed by atoms with Crippen LogP contribution in [-0.2, 0) is 17.4 Å². The number of hydrogen-bond acceptors (Lipinski definition) is 4. The van der Waals surface area contributed by atoms with Crippen molar-refractivity contribution in [3.05, 3.63) is 102 Å².